The minimum atomic E-state index is -0.286. The number of aromatic nitrogens is 1. The van der Waals surface area contributed by atoms with E-state index in [1.807, 2.05) is 26.0 Å². The van der Waals surface area contributed by atoms with E-state index in [0.717, 1.165) is 5.56 Å². The lowest BCUT2D eigenvalue weighted by molar-refractivity contribution is 0.103. The fourth-order valence-electron chi connectivity index (χ4n) is 2.48. The van der Waals surface area contributed by atoms with Gasteiger partial charge in [0.1, 0.15) is 5.75 Å². The van der Waals surface area contributed by atoms with Crippen molar-refractivity contribution < 1.29 is 9.53 Å². The van der Waals surface area contributed by atoms with Crippen molar-refractivity contribution in [1.29, 1.82) is 0 Å². The zero-order valence-electron chi connectivity index (χ0n) is 13.1. The molecule has 1 heterocycles. The second kappa shape index (κ2) is 6.08. The maximum absolute atomic E-state index is 12.7. The van der Waals surface area contributed by atoms with Gasteiger partial charge in [-0.25, -0.2) is 0 Å². The molecule has 3 rings (SSSR count). The number of hydrogen-bond acceptors (Lipinski definition) is 3. The van der Waals surface area contributed by atoms with Gasteiger partial charge >= 0.3 is 0 Å². The summed E-state index contributed by atoms with van der Waals surface area (Å²) in [5.74, 6) is 0.334. The lowest BCUT2D eigenvalue weighted by Crippen LogP contribution is -2.16. The van der Waals surface area contributed by atoms with Gasteiger partial charge in [0.2, 0.25) is 5.43 Å². The van der Waals surface area contributed by atoms with Gasteiger partial charge in [-0.15, -0.1) is 0 Å². The number of carbonyl (C=O) groups is 1. The highest BCUT2D eigenvalue weighted by Crippen LogP contribution is 2.18. The van der Waals surface area contributed by atoms with E-state index in [4.69, 9.17) is 4.74 Å². The smallest absolute Gasteiger partial charge is 0.200 e. The minimum absolute atomic E-state index is 0.134. The number of hydrogen-bond donors (Lipinski definition) is 1. The molecule has 116 valence electrons. The van der Waals surface area contributed by atoms with Crippen molar-refractivity contribution in [2.75, 3.05) is 6.61 Å². The third kappa shape index (κ3) is 2.88. The van der Waals surface area contributed by atoms with Crippen molar-refractivity contribution in [2.45, 2.75) is 13.8 Å². The summed E-state index contributed by atoms with van der Waals surface area (Å²) in [5, 5.41) is 0.453. The summed E-state index contributed by atoms with van der Waals surface area (Å²) in [6.45, 7) is 4.35. The Labute approximate surface area is 133 Å². The molecular formula is C19H17NO3. The molecule has 3 aromatic rings. The molecule has 0 aliphatic rings. The standard InChI is InChI=1S/C19H17NO3/c1-3-23-14-8-9-17-15(10-14)19(22)16(11-20-17)18(21)13-6-4-12(2)5-7-13/h4-11H,3H2,1-2H3,(H,20,22). The Morgan fingerprint density at radius 2 is 1.87 bits per heavy atom. The zero-order valence-corrected chi connectivity index (χ0v) is 13.1. The Morgan fingerprint density at radius 1 is 1.13 bits per heavy atom. The van der Waals surface area contributed by atoms with Crippen molar-refractivity contribution in [3.8, 4) is 5.75 Å². The lowest BCUT2D eigenvalue weighted by Gasteiger charge is -2.06. The van der Waals surface area contributed by atoms with Gasteiger partial charge in [0.05, 0.1) is 12.2 Å². The van der Waals surface area contributed by atoms with Crippen LogP contribution in [0.3, 0.4) is 0 Å². The molecule has 0 amide bonds. The molecule has 1 N–H and O–H groups in total. The number of aryl methyl sites for hydroxylation is 1. The molecule has 0 radical (unpaired) electrons. The van der Waals surface area contributed by atoms with Crippen LogP contribution >= 0.6 is 0 Å². The van der Waals surface area contributed by atoms with E-state index in [1.165, 1.54) is 6.20 Å². The average Bonchev–Trinajstić information content (AvgIpc) is 2.56. The summed E-state index contributed by atoms with van der Waals surface area (Å²) in [7, 11) is 0. The van der Waals surface area contributed by atoms with Gasteiger partial charge in [-0.2, -0.15) is 0 Å². The number of fused-ring (bicyclic) bond motifs is 1. The average molecular weight is 307 g/mol. The van der Waals surface area contributed by atoms with Gasteiger partial charge in [-0.3, -0.25) is 9.59 Å². The number of pyridine rings is 1. The second-order valence-electron chi connectivity index (χ2n) is 5.37. The first-order chi connectivity index (χ1) is 11.1. The van der Waals surface area contributed by atoms with E-state index in [0.29, 0.717) is 28.8 Å². The summed E-state index contributed by atoms with van der Waals surface area (Å²) in [5.41, 5.74) is 2.09. The van der Waals surface area contributed by atoms with Crippen LogP contribution in [0.2, 0.25) is 0 Å². The Balaban J connectivity index is 2.10. The number of ether oxygens (including phenoxy) is 1. The van der Waals surface area contributed by atoms with Gasteiger partial charge in [0.15, 0.2) is 5.78 Å². The van der Waals surface area contributed by atoms with Crippen LogP contribution in [0, 0.1) is 6.92 Å². The summed E-state index contributed by atoms with van der Waals surface area (Å²) >= 11 is 0. The number of carbonyl (C=O) groups excluding carboxylic acids is 1. The molecule has 1 aromatic heterocycles. The van der Waals surface area contributed by atoms with E-state index in [9.17, 15) is 9.59 Å². The van der Waals surface area contributed by atoms with Crippen molar-refractivity contribution in [1.82, 2.24) is 4.98 Å². The van der Waals surface area contributed by atoms with E-state index in [-0.39, 0.29) is 16.8 Å². The Morgan fingerprint density at radius 3 is 2.57 bits per heavy atom. The molecule has 0 aliphatic heterocycles. The highest BCUT2D eigenvalue weighted by molar-refractivity contribution is 6.10. The molecule has 0 spiro atoms. The molecule has 0 fully saturated rings. The van der Waals surface area contributed by atoms with E-state index < -0.39 is 0 Å². The van der Waals surface area contributed by atoms with Gasteiger partial charge < -0.3 is 9.72 Å². The van der Waals surface area contributed by atoms with Crippen molar-refractivity contribution in [3.05, 3.63) is 75.6 Å². The molecule has 0 saturated carbocycles. The Kier molecular flexibility index (Phi) is 3.98. The number of ketones is 1. The van der Waals surface area contributed by atoms with Crippen LogP contribution < -0.4 is 10.2 Å². The molecule has 4 nitrogen and oxygen atoms in total. The van der Waals surface area contributed by atoms with Crippen molar-refractivity contribution in [3.63, 3.8) is 0 Å². The topological polar surface area (TPSA) is 59.2 Å². The molecule has 0 atom stereocenters. The second-order valence-corrected chi connectivity index (χ2v) is 5.37. The Hall–Kier alpha value is -2.88. The molecular weight excluding hydrogens is 290 g/mol. The van der Waals surface area contributed by atoms with Gasteiger partial charge in [-0.05, 0) is 32.0 Å². The molecule has 0 aliphatic carbocycles. The number of aromatic amines is 1. The van der Waals surface area contributed by atoms with Crippen molar-refractivity contribution >= 4 is 16.7 Å². The molecule has 2 aromatic carbocycles. The summed E-state index contributed by atoms with van der Waals surface area (Å²) < 4.78 is 5.43. The summed E-state index contributed by atoms with van der Waals surface area (Å²) in [4.78, 5) is 28.3. The van der Waals surface area contributed by atoms with Crippen LogP contribution in [-0.2, 0) is 0 Å². The summed E-state index contributed by atoms with van der Waals surface area (Å²) in [6, 6.07) is 12.4. The van der Waals surface area contributed by atoms with Gasteiger partial charge in [0.25, 0.3) is 0 Å². The lowest BCUT2D eigenvalue weighted by atomic mass is 10.0. The third-order valence-electron chi connectivity index (χ3n) is 3.72. The SMILES string of the molecule is CCOc1ccc2[nH]cc(C(=O)c3ccc(C)cc3)c(=O)c2c1. The van der Waals surface area contributed by atoms with Gasteiger partial charge in [-0.1, -0.05) is 29.8 Å². The fraction of sp³-hybridized carbons (Fsp3) is 0.158. The number of nitrogens with one attached hydrogen (secondary N) is 1. The van der Waals surface area contributed by atoms with Crippen molar-refractivity contribution in [2.24, 2.45) is 0 Å². The van der Waals surface area contributed by atoms with Crippen LogP contribution in [0.15, 0.2) is 53.5 Å². The minimum Gasteiger partial charge on any atom is -0.494 e. The van der Waals surface area contributed by atoms with Crippen LogP contribution in [-0.4, -0.2) is 17.4 Å². The number of rotatable bonds is 4. The van der Waals surface area contributed by atoms with Crippen LogP contribution in [0.1, 0.15) is 28.4 Å². The first-order valence-electron chi connectivity index (χ1n) is 7.49. The van der Waals surface area contributed by atoms with Crippen LogP contribution in [0.5, 0.6) is 5.75 Å². The molecule has 0 bridgehead atoms. The monoisotopic (exact) mass is 307 g/mol. The quantitative estimate of drug-likeness (QED) is 0.751. The highest BCUT2D eigenvalue weighted by atomic mass is 16.5. The molecule has 4 heteroatoms. The first-order valence-corrected chi connectivity index (χ1v) is 7.49. The number of H-pyrrole nitrogens is 1. The first kappa shape index (κ1) is 15.0. The summed E-state index contributed by atoms with van der Waals surface area (Å²) in [6.07, 6.45) is 1.48. The molecule has 23 heavy (non-hydrogen) atoms. The molecule has 0 saturated heterocycles. The number of benzene rings is 2. The predicted molar refractivity (Wildman–Crippen MR) is 90.3 cm³/mol. The highest BCUT2D eigenvalue weighted by Gasteiger charge is 2.15. The Bertz CT molecular complexity index is 923. The normalized spacial score (nSPS) is 10.7. The predicted octanol–water partition coefficient (Wildman–Crippen LogP) is 3.47. The fourth-order valence-corrected chi connectivity index (χ4v) is 2.48. The third-order valence-corrected chi connectivity index (χ3v) is 3.72. The largest absolute Gasteiger partial charge is 0.494 e. The van der Waals surface area contributed by atoms with E-state index in [2.05, 4.69) is 4.98 Å². The van der Waals surface area contributed by atoms with Gasteiger partial charge in [0, 0.05) is 22.7 Å². The molecule has 0 unspecified atom stereocenters. The zero-order chi connectivity index (χ0) is 16.4. The van der Waals surface area contributed by atoms with Crippen LogP contribution in [0.4, 0.5) is 0 Å². The van der Waals surface area contributed by atoms with Crippen LogP contribution in [0.25, 0.3) is 10.9 Å². The van der Waals surface area contributed by atoms with E-state index >= 15 is 0 Å². The maximum Gasteiger partial charge on any atom is 0.200 e. The maximum atomic E-state index is 12.7. The van der Waals surface area contributed by atoms with E-state index in [1.54, 1.807) is 30.3 Å².